The number of cyclic esters (lactones) is 3. The van der Waals surface area contributed by atoms with Crippen LogP contribution in [0.5, 0.6) is 5.75 Å². The van der Waals surface area contributed by atoms with Gasteiger partial charge in [-0.3, -0.25) is 4.79 Å². The van der Waals surface area contributed by atoms with Crippen molar-refractivity contribution in [1.29, 1.82) is 0 Å². The first-order valence-electron chi connectivity index (χ1n) is 22.2. The van der Waals surface area contributed by atoms with Gasteiger partial charge in [0.2, 0.25) is 0 Å². The van der Waals surface area contributed by atoms with Gasteiger partial charge in [-0.1, -0.05) is 39.8 Å². The van der Waals surface area contributed by atoms with Crippen molar-refractivity contribution >= 4 is 26.2 Å². The van der Waals surface area contributed by atoms with Gasteiger partial charge < -0.3 is 28.1 Å². The van der Waals surface area contributed by atoms with Gasteiger partial charge in [-0.2, -0.15) is 96.6 Å². The third-order valence-electron chi connectivity index (χ3n) is 11.8. The molecule has 0 aromatic heterocycles. The van der Waals surface area contributed by atoms with E-state index in [-0.39, 0.29) is 11.3 Å². The highest BCUT2D eigenvalue weighted by atomic mass is 28.4. The standard InChI is InChI=1S/C44H50F22O9Si/c1-23(2)76(24(3)4,20-18-36(47,48)37(49,50)39(53,54)40(55,56)42(59,60)44(64,65)66)75-31-14-16-32(67)72-25(5)21-34(69)74-26(6)30(13-15-33(68)73-27(31)7)71-22-28-9-11-29(12-10-28)70-19-8-17-35(45,46)38(51,52)41(57,58)43(61,62)63/h9-16,23-27,30-31H,8,17-22H2,1-7H3/t25-,26-,27+,30-,31-/m0/s1. The Balaban J connectivity index is 2.41. The van der Waals surface area contributed by atoms with Crippen molar-refractivity contribution in [3.8, 4) is 5.75 Å². The summed E-state index contributed by atoms with van der Waals surface area (Å²) < 4.78 is 333. The Morgan fingerprint density at radius 3 is 1.46 bits per heavy atom. The lowest BCUT2D eigenvalue weighted by atomic mass is 9.93. The summed E-state index contributed by atoms with van der Waals surface area (Å²) in [5.41, 5.74) is -1.93. The number of carbonyl (C=O) groups excluding carboxylic acids is 3. The van der Waals surface area contributed by atoms with Crippen LogP contribution in [-0.4, -0.2) is 123 Å². The second-order valence-corrected chi connectivity index (χ2v) is 23.0. The van der Waals surface area contributed by atoms with Crippen molar-refractivity contribution in [1.82, 2.24) is 0 Å². The molecule has 5 atom stereocenters. The average molecular weight is 1170 g/mol. The van der Waals surface area contributed by atoms with Crippen LogP contribution in [0.1, 0.15) is 79.7 Å². The van der Waals surface area contributed by atoms with Crippen LogP contribution in [0, 0.1) is 0 Å². The van der Waals surface area contributed by atoms with Crippen molar-refractivity contribution in [3.63, 3.8) is 0 Å². The van der Waals surface area contributed by atoms with Crippen LogP contribution >= 0.6 is 0 Å². The number of alkyl halides is 22. The summed E-state index contributed by atoms with van der Waals surface area (Å²) in [6.07, 6.45) is -25.4. The summed E-state index contributed by atoms with van der Waals surface area (Å²) in [6, 6.07) is 3.38. The molecule has 0 amide bonds. The highest BCUT2D eigenvalue weighted by Crippen LogP contribution is 2.61. The lowest BCUT2D eigenvalue weighted by Crippen LogP contribution is -2.70. The molecule has 0 aliphatic carbocycles. The predicted molar refractivity (Wildman–Crippen MR) is 221 cm³/mol. The van der Waals surface area contributed by atoms with E-state index in [1.165, 1.54) is 53.7 Å². The molecule has 0 spiro atoms. The number of benzene rings is 1. The molecule has 0 saturated carbocycles. The van der Waals surface area contributed by atoms with Crippen molar-refractivity contribution in [3.05, 3.63) is 54.1 Å². The molecule has 0 radical (unpaired) electrons. The Labute approximate surface area is 419 Å². The number of hydrogen-bond acceptors (Lipinski definition) is 9. The summed E-state index contributed by atoms with van der Waals surface area (Å²) in [7, 11) is -4.41. The average Bonchev–Trinajstić information content (AvgIpc) is 3.26. The summed E-state index contributed by atoms with van der Waals surface area (Å²) >= 11 is 0. The van der Waals surface area contributed by atoms with Gasteiger partial charge in [0.25, 0.3) is 0 Å². The van der Waals surface area contributed by atoms with Gasteiger partial charge in [0.15, 0.2) is 8.32 Å². The minimum absolute atomic E-state index is 0.152. The van der Waals surface area contributed by atoms with Gasteiger partial charge in [0, 0.05) is 25.0 Å². The summed E-state index contributed by atoms with van der Waals surface area (Å²) in [5.74, 6) is -61.6. The van der Waals surface area contributed by atoms with Crippen LogP contribution in [0.3, 0.4) is 0 Å². The van der Waals surface area contributed by atoms with Crippen molar-refractivity contribution in [2.24, 2.45) is 0 Å². The number of carbonyl (C=O) groups is 3. The topological polar surface area (TPSA) is 107 Å². The lowest BCUT2D eigenvalue weighted by Gasteiger charge is -2.44. The summed E-state index contributed by atoms with van der Waals surface area (Å²) in [4.78, 5) is 38.9. The zero-order valence-electron chi connectivity index (χ0n) is 40.6. The zero-order valence-corrected chi connectivity index (χ0v) is 41.6. The number of hydrogen-bond donors (Lipinski definition) is 0. The maximum absolute atomic E-state index is 15.2. The number of rotatable bonds is 21. The molecule has 1 aliphatic rings. The third kappa shape index (κ3) is 14.8. The van der Waals surface area contributed by atoms with Crippen molar-refractivity contribution in [2.45, 2.75) is 188 Å². The van der Waals surface area contributed by atoms with Crippen LogP contribution in [0.2, 0.25) is 17.1 Å². The molecular weight excluding hydrogens is 1120 g/mol. The maximum Gasteiger partial charge on any atom is 0.460 e. The molecular formula is C44H50F22O9Si. The fraction of sp³-hybridized carbons (Fsp3) is 0.705. The molecule has 0 N–H and O–H groups in total. The van der Waals surface area contributed by atoms with Crippen molar-refractivity contribution in [2.75, 3.05) is 6.61 Å². The minimum atomic E-state index is -8.13. The predicted octanol–water partition coefficient (Wildman–Crippen LogP) is 13.8. The first-order valence-corrected chi connectivity index (χ1v) is 24.5. The Kier molecular flexibility index (Phi) is 21.6. The van der Waals surface area contributed by atoms with Crippen LogP contribution in [0.4, 0.5) is 96.6 Å². The van der Waals surface area contributed by atoms with Crippen LogP contribution in [0.25, 0.3) is 0 Å². The summed E-state index contributed by atoms with van der Waals surface area (Å²) in [6.45, 7) is 7.20. The van der Waals surface area contributed by atoms with E-state index in [0.717, 1.165) is 31.2 Å². The minimum Gasteiger partial charge on any atom is -0.494 e. The fourth-order valence-corrected chi connectivity index (χ4v) is 11.8. The third-order valence-corrected chi connectivity index (χ3v) is 17.4. The molecule has 1 aromatic carbocycles. The quantitative estimate of drug-likeness (QED) is 0.0391. The molecule has 1 aliphatic heterocycles. The molecule has 0 saturated heterocycles. The molecule has 0 bridgehead atoms. The largest absolute Gasteiger partial charge is 0.494 e. The van der Waals surface area contributed by atoms with Gasteiger partial charge in [-0.15, -0.1) is 0 Å². The number of halogens is 22. The SMILES string of the molecule is CC(C)[Si](CCC(F)(F)C(F)(F)C(F)(F)C(F)(F)C(F)(F)C(F)(F)F)(O[C@H]1C=CC(=O)O[C@@H](C)CC(=O)O[C@@H](C)[C@@H](OCc2ccc(OCCCC(F)(F)C(F)(F)C(F)(F)C(F)(F)F)cc2)C=CC(=O)O[C@@H]1C)C(C)C. The fourth-order valence-electron chi connectivity index (χ4n) is 7.18. The van der Waals surface area contributed by atoms with Crippen LogP contribution in [-0.2, 0) is 44.4 Å². The van der Waals surface area contributed by atoms with E-state index in [9.17, 15) is 102 Å². The highest BCUT2D eigenvalue weighted by molar-refractivity contribution is 6.76. The van der Waals surface area contributed by atoms with E-state index in [1.807, 2.05) is 0 Å². The number of ether oxygens (including phenoxy) is 5. The molecule has 32 heteroatoms. The molecule has 0 fully saturated rings. The molecule has 2 rings (SSSR count). The Morgan fingerprint density at radius 2 is 0.974 bits per heavy atom. The Hall–Kier alpha value is -4.49. The first-order chi connectivity index (χ1) is 34.1. The summed E-state index contributed by atoms with van der Waals surface area (Å²) in [5, 5.41) is 0. The normalized spacial score (nSPS) is 21.5. The Bertz CT molecular complexity index is 2150. The smallest absolute Gasteiger partial charge is 0.460 e. The highest BCUT2D eigenvalue weighted by Gasteiger charge is 2.90. The maximum atomic E-state index is 15.2. The molecule has 438 valence electrons. The van der Waals surface area contributed by atoms with Crippen LogP contribution < -0.4 is 4.74 Å². The van der Waals surface area contributed by atoms with Gasteiger partial charge in [-0.25, -0.2) is 9.59 Å². The van der Waals surface area contributed by atoms with Crippen LogP contribution in [0.15, 0.2) is 48.6 Å². The van der Waals surface area contributed by atoms with Gasteiger partial charge >= 0.3 is 77.6 Å². The van der Waals surface area contributed by atoms with Crippen molar-refractivity contribution < 1.29 is 139 Å². The van der Waals surface area contributed by atoms with E-state index < -0.39 is 173 Å². The Morgan fingerprint density at radius 1 is 0.553 bits per heavy atom. The molecule has 1 aromatic rings. The van der Waals surface area contributed by atoms with Gasteiger partial charge in [0.1, 0.15) is 36.3 Å². The lowest BCUT2D eigenvalue weighted by molar-refractivity contribution is -0.440. The van der Waals surface area contributed by atoms with Gasteiger partial charge in [-0.05, 0) is 74.2 Å². The molecule has 0 unspecified atom stereocenters. The molecule has 76 heavy (non-hydrogen) atoms. The van der Waals surface area contributed by atoms with E-state index >= 15 is 8.78 Å². The number of esters is 3. The van der Waals surface area contributed by atoms with E-state index in [0.29, 0.717) is 12.2 Å². The second-order valence-electron chi connectivity index (χ2n) is 18.1. The van der Waals surface area contributed by atoms with E-state index in [2.05, 4.69) is 0 Å². The molecule has 1 heterocycles. The zero-order chi connectivity index (χ0) is 59.3. The first kappa shape index (κ1) is 67.6. The molecule has 9 nitrogen and oxygen atoms in total. The monoisotopic (exact) mass is 1170 g/mol. The second kappa shape index (κ2) is 24.3. The van der Waals surface area contributed by atoms with Gasteiger partial charge in [0.05, 0.1) is 19.6 Å². The van der Waals surface area contributed by atoms with E-state index in [4.69, 9.17) is 28.1 Å². The van der Waals surface area contributed by atoms with E-state index in [1.54, 1.807) is 0 Å².